The molecule has 3 N–H and O–H groups in total. The summed E-state index contributed by atoms with van der Waals surface area (Å²) < 4.78 is 0. The van der Waals surface area contributed by atoms with Gasteiger partial charge in [0.05, 0.1) is 0 Å². The van der Waals surface area contributed by atoms with Gasteiger partial charge in [-0.3, -0.25) is 4.99 Å². The van der Waals surface area contributed by atoms with Crippen molar-refractivity contribution in [3.8, 4) is 0 Å². The lowest BCUT2D eigenvalue weighted by Crippen LogP contribution is -2.35. The van der Waals surface area contributed by atoms with Crippen LogP contribution in [0.5, 0.6) is 0 Å². The molecule has 0 bridgehead atoms. The van der Waals surface area contributed by atoms with E-state index >= 15 is 0 Å². The first-order valence-electron chi connectivity index (χ1n) is 6.98. The van der Waals surface area contributed by atoms with Crippen molar-refractivity contribution in [2.75, 3.05) is 32.7 Å². The second-order valence-corrected chi connectivity index (χ2v) is 5.12. The van der Waals surface area contributed by atoms with E-state index in [-0.39, 0.29) is 0 Å². The van der Waals surface area contributed by atoms with Crippen LogP contribution in [0, 0.1) is 5.92 Å². The van der Waals surface area contributed by atoms with Crippen molar-refractivity contribution in [2.24, 2.45) is 16.6 Å². The Morgan fingerprint density at radius 3 is 2.71 bits per heavy atom. The number of guanidine groups is 1. The van der Waals surface area contributed by atoms with E-state index in [0.717, 1.165) is 26.1 Å². The number of likely N-dealkylation sites (tertiary alicyclic amines) is 1. The molecule has 17 heavy (non-hydrogen) atoms. The summed E-state index contributed by atoms with van der Waals surface area (Å²) in [5, 5.41) is 3.11. The first kappa shape index (κ1) is 14.3. The van der Waals surface area contributed by atoms with Crippen LogP contribution < -0.4 is 11.1 Å². The van der Waals surface area contributed by atoms with Gasteiger partial charge in [-0.15, -0.1) is 0 Å². The molecule has 0 aromatic heterocycles. The summed E-state index contributed by atoms with van der Waals surface area (Å²) in [7, 11) is 0. The predicted molar refractivity (Wildman–Crippen MR) is 74.2 cm³/mol. The molecular weight excluding hydrogens is 212 g/mol. The molecule has 1 unspecified atom stereocenters. The number of rotatable bonds is 6. The SMILES string of the molecule is CCCNC(N)=NCC(C)CN1CCCCC1. The standard InChI is InChI=1S/C13H28N4/c1-3-7-15-13(14)16-10-12(2)11-17-8-5-4-6-9-17/h12H,3-11H2,1-2H3,(H3,14,15,16). The van der Waals surface area contributed by atoms with Crippen LogP contribution in [0.1, 0.15) is 39.5 Å². The molecule has 0 aromatic carbocycles. The molecule has 0 saturated carbocycles. The smallest absolute Gasteiger partial charge is 0.188 e. The molecule has 0 aliphatic carbocycles. The zero-order valence-corrected chi connectivity index (χ0v) is 11.4. The van der Waals surface area contributed by atoms with Gasteiger partial charge in [0, 0.05) is 19.6 Å². The Bertz CT molecular complexity index is 221. The highest BCUT2D eigenvalue weighted by atomic mass is 15.1. The second-order valence-electron chi connectivity index (χ2n) is 5.12. The molecule has 1 aliphatic rings. The zero-order valence-electron chi connectivity index (χ0n) is 11.4. The molecule has 100 valence electrons. The summed E-state index contributed by atoms with van der Waals surface area (Å²) in [5.41, 5.74) is 5.77. The third-order valence-corrected chi connectivity index (χ3v) is 3.15. The monoisotopic (exact) mass is 240 g/mol. The van der Waals surface area contributed by atoms with Crippen molar-refractivity contribution in [3.05, 3.63) is 0 Å². The molecule has 4 heteroatoms. The molecule has 1 heterocycles. The second kappa shape index (κ2) is 8.34. The largest absolute Gasteiger partial charge is 0.370 e. The summed E-state index contributed by atoms with van der Waals surface area (Å²) >= 11 is 0. The van der Waals surface area contributed by atoms with Crippen LogP contribution >= 0.6 is 0 Å². The fraction of sp³-hybridized carbons (Fsp3) is 0.923. The average molecular weight is 240 g/mol. The molecular formula is C13H28N4. The average Bonchev–Trinajstić information content (AvgIpc) is 2.35. The third kappa shape index (κ3) is 6.51. The number of hydrogen-bond acceptors (Lipinski definition) is 2. The maximum atomic E-state index is 5.77. The van der Waals surface area contributed by atoms with E-state index in [1.807, 2.05) is 0 Å². The van der Waals surface area contributed by atoms with Gasteiger partial charge >= 0.3 is 0 Å². The van der Waals surface area contributed by atoms with Gasteiger partial charge in [-0.05, 0) is 38.3 Å². The highest BCUT2D eigenvalue weighted by Crippen LogP contribution is 2.10. The van der Waals surface area contributed by atoms with E-state index < -0.39 is 0 Å². The molecule has 1 saturated heterocycles. The Balaban J connectivity index is 2.16. The van der Waals surface area contributed by atoms with Crippen LogP contribution in [-0.4, -0.2) is 43.6 Å². The zero-order chi connectivity index (χ0) is 12.5. The highest BCUT2D eigenvalue weighted by molar-refractivity contribution is 5.77. The first-order chi connectivity index (χ1) is 8.22. The quantitative estimate of drug-likeness (QED) is 0.545. The van der Waals surface area contributed by atoms with Crippen LogP contribution in [0.2, 0.25) is 0 Å². The highest BCUT2D eigenvalue weighted by Gasteiger charge is 2.12. The van der Waals surface area contributed by atoms with Gasteiger partial charge in [-0.25, -0.2) is 0 Å². The van der Waals surface area contributed by atoms with Gasteiger partial charge in [0.2, 0.25) is 0 Å². The number of aliphatic imine (C=N–C) groups is 1. The Morgan fingerprint density at radius 2 is 2.06 bits per heavy atom. The Hall–Kier alpha value is -0.770. The minimum atomic E-state index is 0.593. The van der Waals surface area contributed by atoms with Gasteiger partial charge in [-0.2, -0.15) is 0 Å². The molecule has 1 aliphatic heterocycles. The van der Waals surface area contributed by atoms with Crippen molar-refractivity contribution >= 4 is 5.96 Å². The van der Waals surface area contributed by atoms with Crippen LogP contribution in [0.4, 0.5) is 0 Å². The molecule has 0 spiro atoms. The van der Waals surface area contributed by atoms with Crippen molar-refractivity contribution in [3.63, 3.8) is 0 Å². The molecule has 1 atom stereocenters. The number of hydrogen-bond donors (Lipinski definition) is 2. The summed E-state index contributed by atoms with van der Waals surface area (Å²) in [6, 6.07) is 0. The lowest BCUT2D eigenvalue weighted by Gasteiger charge is -2.28. The number of piperidine rings is 1. The summed E-state index contributed by atoms with van der Waals surface area (Å²) in [6.45, 7) is 9.80. The van der Waals surface area contributed by atoms with Crippen LogP contribution in [0.25, 0.3) is 0 Å². The number of nitrogens with zero attached hydrogens (tertiary/aromatic N) is 2. The fourth-order valence-electron chi connectivity index (χ4n) is 2.20. The lowest BCUT2D eigenvalue weighted by atomic mass is 10.1. The van der Waals surface area contributed by atoms with E-state index in [1.54, 1.807) is 0 Å². The molecule has 0 aromatic rings. The summed E-state index contributed by atoms with van der Waals surface area (Å²) in [4.78, 5) is 6.94. The van der Waals surface area contributed by atoms with Gasteiger partial charge in [0.15, 0.2) is 5.96 Å². The Morgan fingerprint density at radius 1 is 1.35 bits per heavy atom. The van der Waals surface area contributed by atoms with Crippen LogP contribution in [0.3, 0.4) is 0 Å². The molecule has 0 radical (unpaired) electrons. The van der Waals surface area contributed by atoms with Crippen LogP contribution in [-0.2, 0) is 0 Å². The Labute approximate surface area is 106 Å². The normalized spacial score (nSPS) is 20.2. The lowest BCUT2D eigenvalue weighted by molar-refractivity contribution is 0.203. The van der Waals surface area contributed by atoms with Crippen molar-refractivity contribution < 1.29 is 0 Å². The molecule has 1 rings (SSSR count). The van der Waals surface area contributed by atoms with Gasteiger partial charge in [-0.1, -0.05) is 20.3 Å². The van der Waals surface area contributed by atoms with E-state index in [4.69, 9.17) is 5.73 Å². The van der Waals surface area contributed by atoms with Gasteiger partial charge < -0.3 is 16.0 Å². The van der Waals surface area contributed by atoms with Gasteiger partial charge in [0.25, 0.3) is 0 Å². The van der Waals surface area contributed by atoms with Crippen molar-refractivity contribution in [1.82, 2.24) is 10.2 Å². The Kier molecular flexibility index (Phi) is 7.01. The van der Waals surface area contributed by atoms with E-state index in [9.17, 15) is 0 Å². The fourth-order valence-corrected chi connectivity index (χ4v) is 2.20. The third-order valence-electron chi connectivity index (χ3n) is 3.15. The first-order valence-corrected chi connectivity index (χ1v) is 6.98. The molecule has 1 fully saturated rings. The van der Waals surface area contributed by atoms with E-state index in [2.05, 4.69) is 29.1 Å². The van der Waals surface area contributed by atoms with Crippen molar-refractivity contribution in [1.29, 1.82) is 0 Å². The topological polar surface area (TPSA) is 53.6 Å². The summed E-state index contributed by atoms with van der Waals surface area (Å²) in [6.07, 6.45) is 5.20. The number of nitrogens with two attached hydrogens (primary N) is 1. The maximum absolute atomic E-state index is 5.77. The van der Waals surface area contributed by atoms with E-state index in [0.29, 0.717) is 11.9 Å². The molecule has 0 amide bonds. The predicted octanol–water partition coefficient (Wildman–Crippen LogP) is 1.42. The minimum absolute atomic E-state index is 0.593. The minimum Gasteiger partial charge on any atom is -0.370 e. The number of nitrogens with one attached hydrogen (secondary N) is 1. The summed E-state index contributed by atoms with van der Waals surface area (Å²) in [5.74, 6) is 1.19. The maximum Gasteiger partial charge on any atom is 0.188 e. The van der Waals surface area contributed by atoms with Crippen LogP contribution in [0.15, 0.2) is 4.99 Å². The van der Waals surface area contributed by atoms with Gasteiger partial charge in [0.1, 0.15) is 0 Å². The van der Waals surface area contributed by atoms with Crippen molar-refractivity contribution in [2.45, 2.75) is 39.5 Å². The molecule has 4 nitrogen and oxygen atoms in total. The van der Waals surface area contributed by atoms with E-state index in [1.165, 1.54) is 32.4 Å².